The van der Waals surface area contributed by atoms with Crippen LogP contribution < -0.4 is 10.1 Å². The highest BCUT2D eigenvalue weighted by atomic mass is 35.5. The minimum atomic E-state index is -3.76. The molecule has 8 heteroatoms. The van der Waals surface area contributed by atoms with Crippen LogP contribution in [0.1, 0.15) is 25.3 Å². The molecule has 0 spiro atoms. The Balaban J connectivity index is 1.61. The molecule has 0 aliphatic carbocycles. The average Bonchev–Trinajstić information content (AvgIpc) is 3.19. The van der Waals surface area contributed by atoms with Gasteiger partial charge in [-0.15, -0.1) is 0 Å². The number of carbonyl (C=O) groups excluding carboxylic acids is 1. The number of halogens is 1. The van der Waals surface area contributed by atoms with E-state index in [1.54, 1.807) is 0 Å². The van der Waals surface area contributed by atoms with E-state index in [-0.39, 0.29) is 16.8 Å². The number of aryl methyl sites for hydroxylation is 1. The van der Waals surface area contributed by atoms with Gasteiger partial charge in [-0.3, -0.25) is 4.79 Å². The first-order valence-electron chi connectivity index (χ1n) is 9.54. The van der Waals surface area contributed by atoms with Crippen molar-refractivity contribution in [2.24, 2.45) is 0 Å². The molecular formula is C21H25ClN2O4S. The van der Waals surface area contributed by atoms with Crippen LogP contribution in [0.2, 0.25) is 5.02 Å². The number of carbonyl (C=O) groups is 1. The molecule has 0 unspecified atom stereocenters. The van der Waals surface area contributed by atoms with Crippen molar-refractivity contribution in [3.05, 3.63) is 59.1 Å². The van der Waals surface area contributed by atoms with Gasteiger partial charge in [-0.25, -0.2) is 8.42 Å². The molecule has 2 aromatic rings. The lowest BCUT2D eigenvalue weighted by Crippen LogP contribution is -2.49. The van der Waals surface area contributed by atoms with Gasteiger partial charge >= 0.3 is 0 Å². The van der Waals surface area contributed by atoms with E-state index in [0.29, 0.717) is 31.0 Å². The zero-order valence-corrected chi connectivity index (χ0v) is 18.0. The summed E-state index contributed by atoms with van der Waals surface area (Å²) in [7, 11) is -3.76. The Morgan fingerprint density at radius 2 is 1.86 bits per heavy atom. The number of nitrogens with zero attached hydrogens (tertiary/aromatic N) is 1. The summed E-state index contributed by atoms with van der Waals surface area (Å²) in [6.45, 7) is 4.44. The van der Waals surface area contributed by atoms with E-state index >= 15 is 0 Å². The minimum absolute atomic E-state index is 0.136. The number of amides is 1. The number of hydrogen-bond donors (Lipinski definition) is 1. The first kappa shape index (κ1) is 21.6. The second kappa shape index (κ2) is 9.15. The third kappa shape index (κ3) is 5.29. The van der Waals surface area contributed by atoms with Crippen LogP contribution in [0, 0.1) is 6.92 Å². The van der Waals surface area contributed by atoms with Crippen molar-refractivity contribution in [2.45, 2.75) is 43.7 Å². The summed E-state index contributed by atoms with van der Waals surface area (Å²) in [6.07, 6.45) is 1.13. The van der Waals surface area contributed by atoms with Crippen molar-refractivity contribution in [3.8, 4) is 5.75 Å². The molecule has 6 nitrogen and oxygen atoms in total. The lowest BCUT2D eigenvalue weighted by molar-refractivity contribution is -0.125. The Morgan fingerprint density at radius 3 is 2.52 bits per heavy atom. The Kier molecular flexibility index (Phi) is 6.82. The maximum absolute atomic E-state index is 13.0. The molecular weight excluding hydrogens is 412 g/mol. The molecule has 1 saturated heterocycles. The smallest absolute Gasteiger partial charge is 0.243 e. The van der Waals surface area contributed by atoms with Crippen molar-refractivity contribution in [2.75, 3.05) is 13.2 Å². The highest BCUT2D eigenvalue weighted by Crippen LogP contribution is 2.27. The zero-order chi connectivity index (χ0) is 21.0. The number of rotatable bonds is 7. The summed E-state index contributed by atoms with van der Waals surface area (Å²) in [5, 5.41) is 3.34. The Bertz CT molecular complexity index is 946. The van der Waals surface area contributed by atoms with Crippen molar-refractivity contribution < 1.29 is 17.9 Å². The van der Waals surface area contributed by atoms with Crippen LogP contribution in [0.15, 0.2) is 53.4 Å². The Morgan fingerprint density at radius 1 is 1.21 bits per heavy atom. The second-order valence-corrected chi connectivity index (χ2v) is 9.59. The van der Waals surface area contributed by atoms with Gasteiger partial charge in [0.1, 0.15) is 18.4 Å². The van der Waals surface area contributed by atoms with Crippen LogP contribution in [-0.4, -0.2) is 43.9 Å². The van der Waals surface area contributed by atoms with Gasteiger partial charge in [0.05, 0.1) is 10.9 Å². The molecule has 1 fully saturated rings. The normalized spacial score (nSPS) is 18.4. The minimum Gasteiger partial charge on any atom is -0.491 e. The summed E-state index contributed by atoms with van der Waals surface area (Å²) in [4.78, 5) is 12.9. The lowest BCUT2D eigenvalue weighted by atomic mass is 10.2. The van der Waals surface area contributed by atoms with Gasteiger partial charge in [-0.2, -0.15) is 4.31 Å². The molecule has 1 aliphatic rings. The first-order chi connectivity index (χ1) is 13.8. The number of sulfonamides is 1. The van der Waals surface area contributed by atoms with Gasteiger partial charge in [0.2, 0.25) is 15.9 Å². The Hall–Kier alpha value is -2.09. The molecule has 1 heterocycles. The fourth-order valence-electron chi connectivity index (χ4n) is 3.27. The highest BCUT2D eigenvalue weighted by molar-refractivity contribution is 7.89. The van der Waals surface area contributed by atoms with Crippen molar-refractivity contribution in [1.29, 1.82) is 0 Å². The number of ether oxygens (including phenoxy) is 1. The number of hydrogen-bond acceptors (Lipinski definition) is 4. The highest BCUT2D eigenvalue weighted by Gasteiger charge is 2.39. The summed E-state index contributed by atoms with van der Waals surface area (Å²) in [5.74, 6) is 0.421. The predicted octanol–water partition coefficient (Wildman–Crippen LogP) is 3.39. The predicted molar refractivity (Wildman–Crippen MR) is 113 cm³/mol. The van der Waals surface area contributed by atoms with Gasteiger partial charge in [0.15, 0.2) is 0 Å². The van der Waals surface area contributed by atoms with E-state index in [1.165, 1.54) is 28.6 Å². The second-order valence-electron chi connectivity index (χ2n) is 7.26. The Labute approximate surface area is 176 Å². The third-order valence-corrected chi connectivity index (χ3v) is 7.01. The fourth-order valence-corrected chi connectivity index (χ4v) is 5.05. The molecule has 0 bridgehead atoms. The monoisotopic (exact) mass is 436 g/mol. The van der Waals surface area contributed by atoms with E-state index in [0.717, 1.165) is 11.3 Å². The largest absolute Gasteiger partial charge is 0.491 e. The van der Waals surface area contributed by atoms with Crippen molar-refractivity contribution >= 4 is 27.5 Å². The average molecular weight is 437 g/mol. The van der Waals surface area contributed by atoms with Crippen LogP contribution in [-0.2, 0) is 14.8 Å². The quantitative estimate of drug-likeness (QED) is 0.721. The molecule has 29 heavy (non-hydrogen) atoms. The molecule has 0 radical (unpaired) electrons. The van der Waals surface area contributed by atoms with E-state index in [2.05, 4.69) is 5.32 Å². The van der Waals surface area contributed by atoms with Crippen LogP contribution in [0.4, 0.5) is 0 Å². The molecule has 0 aromatic heterocycles. The number of benzene rings is 2. The number of nitrogens with one attached hydrogen (secondary N) is 1. The maximum Gasteiger partial charge on any atom is 0.243 e. The lowest BCUT2D eigenvalue weighted by Gasteiger charge is -2.25. The molecule has 0 saturated carbocycles. The summed E-state index contributed by atoms with van der Waals surface area (Å²) in [5.41, 5.74) is 1.14. The molecule has 1 amide bonds. The van der Waals surface area contributed by atoms with Crippen LogP contribution in [0.5, 0.6) is 5.75 Å². The summed E-state index contributed by atoms with van der Waals surface area (Å²) >= 11 is 5.86. The van der Waals surface area contributed by atoms with Crippen LogP contribution in [0.3, 0.4) is 0 Å². The van der Waals surface area contributed by atoms with E-state index < -0.39 is 16.1 Å². The molecule has 2 aromatic carbocycles. The topological polar surface area (TPSA) is 75.7 Å². The van der Waals surface area contributed by atoms with E-state index in [1.807, 2.05) is 38.1 Å². The molecule has 1 aliphatic heterocycles. The third-order valence-electron chi connectivity index (χ3n) is 4.84. The van der Waals surface area contributed by atoms with Gasteiger partial charge in [0, 0.05) is 11.6 Å². The van der Waals surface area contributed by atoms with Gasteiger partial charge in [0.25, 0.3) is 0 Å². The maximum atomic E-state index is 13.0. The van der Waals surface area contributed by atoms with Crippen molar-refractivity contribution in [1.82, 2.24) is 9.62 Å². The van der Waals surface area contributed by atoms with Crippen LogP contribution in [0.25, 0.3) is 0 Å². The zero-order valence-electron chi connectivity index (χ0n) is 16.5. The fraction of sp³-hybridized carbons (Fsp3) is 0.381. The standard InChI is InChI=1S/C21H25ClN2O4S/c1-15-5-9-18(10-6-15)28-14-16(2)23-21(25)20-4-3-13-24(20)29(26,27)19-11-7-17(22)8-12-19/h5-12,16,20H,3-4,13-14H2,1-2H3,(H,23,25)/t16-,20-/m0/s1. The van der Waals surface area contributed by atoms with E-state index in [9.17, 15) is 13.2 Å². The van der Waals surface area contributed by atoms with Gasteiger partial charge in [-0.1, -0.05) is 29.3 Å². The first-order valence-corrected chi connectivity index (χ1v) is 11.4. The molecule has 2 atom stereocenters. The van der Waals surface area contributed by atoms with Gasteiger partial charge in [-0.05, 0) is 63.1 Å². The van der Waals surface area contributed by atoms with Crippen LogP contribution >= 0.6 is 11.6 Å². The molecule has 1 N–H and O–H groups in total. The SMILES string of the molecule is Cc1ccc(OC[C@H](C)NC(=O)[C@@H]2CCCN2S(=O)(=O)c2ccc(Cl)cc2)cc1. The van der Waals surface area contributed by atoms with Crippen molar-refractivity contribution in [3.63, 3.8) is 0 Å². The molecule has 156 valence electrons. The van der Waals surface area contributed by atoms with Gasteiger partial charge < -0.3 is 10.1 Å². The van der Waals surface area contributed by atoms with E-state index in [4.69, 9.17) is 16.3 Å². The molecule has 3 rings (SSSR count). The summed E-state index contributed by atoms with van der Waals surface area (Å²) in [6, 6.07) is 12.7. The summed E-state index contributed by atoms with van der Waals surface area (Å²) < 4.78 is 32.9.